The lowest BCUT2D eigenvalue weighted by Crippen LogP contribution is -2.34. The van der Waals surface area contributed by atoms with Crippen molar-refractivity contribution in [3.8, 4) is 0 Å². The number of amides is 1. The first-order chi connectivity index (χ1) is 8.13. The van der Waals surface area contributed by atoms with E-state index in [9.17, 15) is 9.59 Å². The molecule has 0 atom stereocenters. The third-order valence-electron chi connectivity index (χ3n) is 2.92. The van der Waals surface area contributed by atoms with Gasteiger partial charge in [0.15, 0.2) is 0 Å². The van der Waals surface area contributed by atoms with Crippen LogP contribution < -0.4 is 0 Å². The second-order valence-corrected chi connectivity index (χ2v) is 4.34. The van der Waals surface area contributed by atoms with Gasteiger partial charge in [0.05, 0.1) is 13.0 Å². The first-order valence-electron chi connectivity index (χ1n) is 6.25. The summed E-state index contributed by atoms with van der Waals surface area (Å²) in [6.07, 6.45) is 1.46. The van der Waals surface area contributed by atoms with Gasteiger partial charge in [-0.15, -0.1) is 0 Å². The summed E-state index contributed by atoms with van der Waals surface area (Å²) in [5.41, 5.74) is 0. The average molecular weight is 242 g/mol. The maximum atomic E-state index is 11.9. The van der Waals surface area contributed by atoms with E-state index in [1.165, 1.54) is 0 Å². The molecule has 98 valence electrons. The molecule has 0 aromatic rings. The quantitative estimate of drug-likeness (QED) is 0.673. The molecule has 0 bridgehead atoms. The fourth-order valence-electron chi connectivity index (χ4n) is 1.90. The number of hydrogen-bond donors (Lipinski definition) is 0. The van der Waals surface area contributed by atoms with Crippen molar-refractivity contribution in [1.29, 1.82) is 0 Å². The predicted molar refractivity (Wildman–Crippen MR) is 64.6 cm³/mol. The molecular weight excluding hydrogens is 220 g/mol. The fourth-order valence-corrected chi connectivity index (χ4v) is 1.90. The summed E-state index contributed by atoms with van der Waals surface area (Å²) >= 11 is 0. The minimum Gasteiger partial charge on any atom is -0.466 e. The van der Waals surface area contributed by atoms with E-state index in [1.807, 2.05) is 4.90 Å². The number of ether oxygens (including phenoxy) is 1. The van der Waals surface area contributed by atoms with E-state index in [1.54, 1.807) is 6.92 Å². The number of rotatable bonds is 4. The molecule has 1 fully saturated rings. The Morgan fingerprint density at radius 1 is 1.12 bits per heavy atom. The van der Waals surface area contributed by atoms with Crippen LogP contribution >= 0.6 is 0 Å². The summed E-state index contributed by atoms with van der Waals surface area (Å²) in [5.74, 6) is -0.221. The van der Waals surface area contributed by atoms with Crippen molar-refractivity contribution in [1.82, 2.24) is 9.80 Å². The fraction of sp³-hybridized carbons (Fsp3) is 0.833. The van der Waals surface area contributed by atoms with Gasteiger partial charge in [-0.2, -0.15) is 0 Å². The Hall–Kier alpha value is -1.10. The molecule has 1 amide bonds. The molecule has 0 unspecified atom stereocenters. The van der Waals surface area contributed by atoms with Crippen molar-refractivity contribution in [2.45, 2.75) is 26.2 Å². The summed E-state index contributed by atoms with van der Waals surface area (Å²) in [5, 5.41) is 0. The van der Waals surface area contributed by atoms with E-state index < -0.39 is 0 Å². The molecule has 5 heteroatoms. The highest BCUT2D eigenvalue weighted by Crippen LogP contribution is 2.05. The van der Waals surface area contributed by atoms with Crippen molar-refractivity contribution in [3.05, 3.63) is 0 Å². The molecule has 1 saturated heterocycles. The van der Waals surface area contributed by atoms with Gasteiger partial charge in [0.1, 0.15) is 0 Å². The lowest BCUT2D eigenvalue weighted by Gasteiger charge is -2.20. The molecule has 1 heterocycles. The molecule has 0 aromatic heterocycles. The second kappa shape index (κ2) is 7.27. The minimum absolute atomic E-state index is 0.0633. The second-order valence-electron chi connectivity index (χ2n) is 4.34. The van der Waals surface area contributed by atoms with Gasteiger partial charge in [-0.25, -0.2) is 0 Å². The molecule has 1 aliphatic rings. The molecular formula is C12H22N2O3. The first kappa shape index (κ1) is 14.0. The number of hydrogen-bond acceptors (Lipinski definition) is 4. The number of likely N-dealkylation sites (N-methyl/N-ethyl adjacent to an activating group) is 1. The SMILES string of the molecule is CCOC(=O)CCC(=O)N1CCCN(C)CC1. The summed E-state index contributed by atoms with van der Waals surface area (Å²) in [6, 6.07) is 0. The molecule has 1 aliphatic heterocycles. The third kappa shape index (κ3) is 5.17. The van der Waals surface area contributed by atoms with Crippen LogP contribution in [0.5, 0.6) is 0 Å². The third-order valence-corrected chi connectivity index (χ3v) is 2.92. The van der Waals surface area contributed by atoms with Crippen LogP contribution in [0.3, 0.4) is 0 Å². The molecule has 0 aromatic carbocycles. The summed E-state index contributed by atoms with van der Waals surface area (Å²) in [6.45, 7) is 5.64. The van der Waals surface area contributed by atoms with Gasteiger partial charge in [0.25, 0.3) is 0 Å². The Labute approximate surface area is 103 Å². The summed E-state index contributed by atoms with van der Waals surface area (Å²) < 4.78 is 4.80. The molecule has 17 heavy (non-hydrogen) atoms. The van der Waals surface area contributed by atoms with Gasteiger partial charge in [0, 0.05) is 26.1 Å². The van der Waals surface area contributed by atoms with E-state index in [4.69, 9.17) is 4.74 Å². The van der Waals surface area contributed by atoms with Crippen molar-refractivity contribution >= 4 is 11.9 Å². The summed E-state index contributed by atoms with van der Waals surface area (Å²) in [4.78, 5) is 27.1. The van der Waals surface area contributed by atoms with E-state index in [2.05, 4.69) is 11.9 Å². The van der Waals surface area contributed by atoms with E-state index in [0.29, 0.717) is 6.61 Å². The maximum absolute atomic E-state index is 11.9. The molecule has 1 rings (SSSR count). The van der Waals surface area contributed by atoms with Crippen LogP contribution in [-0.4, -0.2) is 61.5 Å². The van der Waals surface area contributed by atoms with E-state index >= 15 is 0 Å². The van der Waals surface area contributed by atoms with Gasteiger partial charge in [0.2, 0.25) is 5.91 Å². The predicted octanol–water partition coefficient (Wildman–Crippen LogP) is 0.494. The van der Waals surface area contributed by atoms with Gasteiger partial charge in [-0.05, 0) is 26.9 Å². The molecule has 0 radical (unpaired) electrons. The van der Waals surface area contributed by atoms with Crippen molar-refractivity contribution in [3.63, 3.8) is 0 Å². The standard InChI is InChI=1S/C12H22N2O3/c1-3-17-12(16)6-5-11(15)14-8-4-7-13(2)9-10-14/h3-10H2,1-2H3. The Kier molecular flexibility index (Phi) is 5.97. The molecule has 0 spiro atoms. The van der Waals surface area contributed by atoms with Crippen molar-refractivity contribution in [2.75, 3.05) is 39.8 Å². The number of carbonyl (C=O) groups excluding carboxylic acids is 2. The first-order valence-corrected chi connectivity index (χ1v) is 6.25. The monoisotopic (exact) mass is 242 g/mol. The van der Waals surface area contributed by atoms with Crippen LogP contribution in [0.4, 0.5) is 0 Å². The smallest absolute Gasteiger partial charge is 0.306 e. The van der Waals surface area contributed by atoms with E-state index in [-0.39, 0.29) is 24.7 Å². The van der Waals surface area contributed by atoms with Gasteiger partial charge in [-0.1, -0.05) is 0 Å². The lowest BCUT2D eigenvalue weighted by atomic mass is 10.2. The highest BCUT2D eigenvalue weighted by Gasteiger charge is 2.18. The topological polar surface area (TPSA) is 49.9 Å². The largest absolute Gasteiger partial charge is 0.466 e. The Morgan fingerprint density at radius 3 is 2.59 bits per heavy atom. The normalized spacial score (nSPS) is 17.6. The highest BCUT2D eigenvalue weighted by atomic mass is 16.5. The molecule has 0 saturated carbocycles. The zero-order valence-corrected chi connectivity index (χ0v) is 10.8. The van der Waals surface area contributed by atoms with Crippen LogP contribution in [0.15, 0.2) is 0 Å². The van der Waals surface area contributed by atoms with Gasteiger partial charge < -0.3 is 14.5 Å². The molecule has 5 nitrogen and oxygen atoms in total. The summed E-state index contributed by atoms with van der Waals surface area (Å²) in [7, 11) is 2.06. The maximum Gasteiger partial charge on any atom is 0.306 e. The minimum atomic E-state index is -0.284. The Balaban J connectivity index is 2.29. The van der Waals surface area contributed by atoms with Gasteiger partial charge >= 0.3 is 5.97 Å². The molecule has 0 aliphatic carbocycles. The van der Waals surface area contributed by atoms with Crippen molar-refractivity contribution in [2.24, 2.45) is 0 Å². The van der Waals surface area contributed by atoms with Crippen LogP contribution in [0.2, 0.25) is 0 Å². The average Bonchev–Trinajstić information content (AvgIpc) is 2.51. The van der Waals surface area contributed by atoms with E-state index in [0.717, 1.165) is 32.6 Å². The van der Waals surface area contributed by atoms with Crippen LogP contribution in [0.25, 0.3) is 0 Å². The van der Waals surface area contributed by atoms with Crippen LogP contribution in [-0.2, 0) is 14.3 Å². The lowest BCUT2D eigenvalue weighted by molar-refractivity contribution is -0.145. The van der Waals surface area contributed by atoms with Crippen LogP contribution in [0, 0.1) is 0 Å². The zero-order chi connectivity index (χ0) is 12.7. The zero-order valence-electron chi connectivity index (χ0n) is 10.8. The molecule has 0 N–H and O–H groups in total. The highest BCUT2D eigenvalue weighted by molar-refractivity contribution is 5.81. The van der Waals surface area contributed by atoms with Crippen molar-refractivity contribution < 1.29 is 14.3 Å². The van der Waals surface area contributed by atoms with Gasteiger partial charge in [-0.3, -0.25) is 9.59 Å². The Morgan fingerprint density at radius 2 is 1.88 bits per heavy atom. The number of esters is 1. The number of carbonyl (C=O) groups is 2. The Bertz CT molecular complexity index is 268. The number of nitrogens with zero attached hydrogens (tertiary/aromatic N) is 2. The van der Waals surface area contributed by atoms with Crippen LogP contribution in [0.1, 0.15) is 26.2 Å².